The highest BCUT2D eigenvalue weighted by Crippen LogP contribution is 2.26. The first-order valence-corrected chi connectivity index (χ1v) is 9.99. The zero-order chi connectivity index (χ0) is 17.9. The van der Waals surface area contributed by atoms with Crippen molar-refractivity contribution in [3.63, 3.8) is 0 Å². The van der Waals surface area contributed by atoms with Crippen molar-refractivity contribution in [3.05, 3.63) is 25.3 Å². The maximum Gasteiger partial charge on any atom is 0.246 e. The lowest BCUT2D eigenvalue weighted by atomic mass is 10.0. The third-order valence-corrected chi connectivity index (χ3v) is 7.13. The molecule has 2 heterocycles. The van der Waals surface area contributed by atoms with E-state index < -0.39 is 0 Å². The van der Waals surface area contributed by atoms with Crippen LogP contribution in [0.4, 0.5) is 0 Å². The van der Waals surface area contributed by atoms with Gasteiger partial charge in [0.25, 0.3) is 0 Å². The molecule has 2 aliphatic rings. The topological polar surface area (TPSA) is 47.1 Å². The van der Waals surface area contributed by atoms with E-state index in [2.05, 4.69) is 72.0 Å². The predicted octanol–water partition coefficient (Wildman–Crippen LogP) is 1.86. The fraction of sp³-hybridized carbons (Fsp3) is 0.625. The van der Waals surface area contributed by atoms with Crippen molar-refractivity contribution in [2.75, 3.05) is 32.7 Å². The number of carbonyl (C=O) groups excluding carboxylic acids is 2. The van der Waals surface area contributed by atoms with Crippen LogP contribution in [0, 0.1) is 0 Å². The standard InChI is InChI=1S/C16H24I2N4O2/c1-4-15(23)19-6-7-21(17)13(10-19)8-14-11-20(16(24)5-2)12(3)9-22(14)18/h4-5,12-14H,1-2,6-11H2,3H3. The van der Waals surface area contributed by atoms with E-state index >= 15 is 0 Å². The van der Waals surface area contributed by atoms with E-state index in [1.54, 1.807) is 0 Å². The van der Waals surface area contributed by atoms with Gasteiger partial charge in [-0.15, -0.1) is 0 Å². The van der Waals surface area contributed by atoms with Crippen LogP contribution in [0.1, 0.15) is 13.3 Å². The molecular weight excluding hydrogens is 534 g/mol. The maximum absolute atomic E-state index is 12.1. The van der Waals surface area contributed by atoms with Crippen LogP contribution in [-0.4, -0.2) is 78.7 Å². The lowest BCUT2D eigenvalue weighted by Gasteiger charge is -2.45. The van der Waals surface area contributed by atoms with Crippen LogP contribution < -0.4 is 0 Å². The highest BCUT2D eigenvalue weighted by Gasteiger charge is 2.36. The van der Waals surface area contributed by atoms with Crippen molar-refractivity contribution < 1.29 is 9.59 Å². The Morgan fingerprint density at radius 1 is 1.00 bits per heavy atom. The molecule has 0 aromatic rings. The number of hydrogen-bond donors (Lipinski definition) is 0. The number of hydrogen-bond acceptors (Lipinski definition) is 4. The molecule has 2 fully saturated rings. The number of piperazine rings is 2. The average Bonchev–Trinajstić information content (AvgIpc) is 2.57. The van der Waals surface area contributed by atoms with Gasteiger partial charge < -0.3 is 9.80 Å². The molecule has 3 atom stereocenters. The second-order valence-corrected chi connectivity index (χ2v) is 8.76. The quantitative estimate of drug-likeness (QED) is 0.301. The highest BCUT2D eigenvalue weighted by molar-refractivity contribution is 14.1. The molecule has 0 aromatic heterocycles. The third-order valence-electron chi connectivity index (χ3n) is 4.67. The van der Waals surface area contributed by atoms with E-state index in [0.29, 0.717) is 13.1 Å². The average molecular weight is 558 g/mol. The largest absolute Gasteiger partial charge is 0.336 e. The molecular formula is C16H24I2N4O2. The summed E-state index contributed by atoms with van der Waals surface area (Å²) in [5, 5.41) is 0. The molecule has 0 bridgehead atoms. The van der Waals surface area contributed by atoms with Crippen molar-refractivity contribution in [1.82, 2.24) is 16.0 Å². The first-order valence-electron chi connectivity index (χ1n) is 8.06. The molecule has 2 amide bonds. The van der Waals surface area contributed by atoms with Gasteiger partial charge in [-0.2, -0.15) is 0 Å². The van der Waals surface area contributed by atoms with Crippen LogP contribution >= 0.6 is 45.7 Å². The van der Waals surface area contributed by atoms with Gasteiger partial charge in [-0.1, -0.05) is 13.2 Å². The molecule has 2 aliphatic heterocycles. The van der Waals surface area contributed by atoms with E-state index in [4.69, 9.17) is 0 Å². The minimum absolute atomic E-state index is 0.00319. The summed E-state index contributed by atoms with van der Waals surface area (Å²) in [6.07, 6.45) is 3.70. The first kappa shape index (κ1) is 20.1. The van der Waals surface area contributed by atoms with E-state index in [1.807, 2.05) is 9.80 Å². The van der Waals surface area contributed by atoms with Gasteiger partial charge in [0.05, 0.1) is 0 Å². The van der Waals surface area contributed by atoms with Gasteiger partial charge in [-0.25, -0.2) is 6.23 Å². The third kappa shape index (κ3) is 4.70. The first-order chi connectivity index (χ1) is 11.4. The maximum atomic E-state index is 12.1. The van der Waals surface area contributed by atoms with Crippen LogP contribution in [0.15, 0.2) is 25.3 Å². The summed E-state index contributed by atoms with van der Waals surface area (Å²) < 4.78 is 4.58. The Bertz CT molecular complexity index is 516. The molecule has 0 aromatic carbocycles. The van der Waals surface area contributed by atoms with E-state index in [0.717, 1.165) is 26.1 Å². The second-order valence-electron chi connectivity index (χ2n) is 6.28. The lowest BCUT2D eigenvalue weighted by Crippen LogP contribution is -2.58. The number of rotatable bonds is 4. The van der Waals surface area contributed by atoms with Gasteiger partial charge in [0.1, 0.15) is 0 Å². The molecule has 6 nitrogen and oxygen atoms in total. The van der Waals surface area contributed by atoms with Crippen molar-refractivity contribution in [2.45, 2.75) is 31.5 Å². The fourth-order valence-electron chi connectivity index (χ4n) is 3.27. The molecule has 24 heavy (non-hydrogen) atoms. The smallest absolute Gasteiger partial charge is 0.246 e. The van der Waals surface area contributed by atoms with Gasteiger partial charge in [-0.3, -0.25) is 9.59 Å². The highest BCUT2D eigenvalue weighted by atomic mass is 127. The van der Waals surface area contributed by atoms with Gasteiger partial charge >= 0.3 is 0 Å². The van der Waals surface area contributed by atoms with E-state index in [9.17, 15) is 9.59 Å². The van der Waals surface area contributed by atoms with Crippen LogP contribution in [0.2, 0.25) is 0 Å². The van der Waals surface area contributed by atoms with Crippen LogP contribution in [0.5, 0.6) is 0 Å². The van der Waals surface area contributed by atoms with Crippen LogP contribution in [0.25, 0.3) is 0 Å². The molecule has 0 N–H and O–H groups in total. The number of nitrogens with zero attached hydrogens (tertiary/aromatic N) is 4. The second kappa shape index (κ2) is 8.95. The minimum atomic E-state index is -0.00423. The molecule has 0 aliphatic carbocycles. The zero-order valence-electron chi connectivity index (χ0n) is 13.9. The number of carbonyl (C=O) groups is 2. The summed E-state index contributed by atoms with van der Waals surface area (Å²) in [4.78, 5) is 27.8. The fourth-order valence-corrected chi connectivity index (χ4v) is 4.87. The number of halogens is 2. The molecule has 2 saturated heterocycles. The van der Waals surface area contributed by atoms with Gasteiger partial charge in [0.15, 0.2) is 0 Å². The summed E-state index contributed by atoms with van der Waals surface area (Å²) in [6.45, 7) is 13.1. The van der Waals surface area contributed by atoms with E-state index in [-0.39, 0.29) is 29.9 Å². The monoisotopic (exact) mass is 558 g/mol. The SMILES string of the molecule is C=CC(=O)N1CCN(I)C(CC2CN(C(=O)C=C)C(C)CN2I)C1. The zero-order valence-corrected chi connectivity index (χ0v) is 18.2. The molecule has 8 heteroatoms. The van der Waals surface area contributed by atoms with Crippen molar-refractivity contribution in [2.24, 2.45) is 0 Å². The molecule has 134 valence electrons. The lowest BCUT2D eigenvalue weighted by molar-refractivity contribution is -0.130. The Kier molecular flexibility index (Phi) is 7.50. The van der Waals surface area contributed by atoms with Crippen molar-refractivity contribution in [3.8, 4) is 0 Å². The molecule has 0 radical (unpaired) electrons. The minimum Gasteiger partial charge on any atom is -0.336 e. The Morgan fingerprint density at radius 2 is 1.62 bits per heavy atom. The normalized spacial score (nSPS) is 29.4. The Hall–Kier alpha value is -0.200. The summed E-state index contributed by atoms with van der Waals surface area (Å²) in [5.41, 5.74) is 0. The van der Waals surface area contributed by atoms with Gasteiger partial charge in [-0.05, 0) is 25.5 Å². The van der Waals surface area contributed by atoms with Crippen molar-refractivity contribution in [1.29, 1.82) is 0 Å². The van der Waals surface area contributed by atoms with E-state index in [1.165, 1.54) is 12.2 Å². The predicted molar refractivity (Wildman–Crippen MR) is 112 cm³/mol. The van der Waals surface area contributed by atoms with Crippen molar-refractivity contribution >= 4 is 57.5 Å². The van der Waals surface area contributed by atoms with Crippen LogP contribution in [0.3, 0.4) is 0 Å². The molecule has 3 unspecified atom stereocenters. The molecule has 0 spiro atoms. The number of amides is 2. The Balaban J connectivity index is 2.04. The summed E-state index contributed by atoms with van der Waals surface area (Å²) in [5.74, 6) is -0.00741. The Labute approximate surface area is 171 Å². The Morgan fingerprint density at radius 3 is 2.25 bits per heavy atom. The van der Waals surface area contributed by atoms with Gasteiger partial charge in [0, 0.05) is 96.6 Å². The summed E-state index contributed by atoms with van der Waals surface area (Å²) in [6, 6.07) is 0.732. The summed E-state index contributed by atoms with van der Waals surface area (Å²) >= 11 is 4.71. The van der Waals surface area contributed by atoms with Gasteiger partial charge in [0.2, 0.25) is 11.8 Å². The molecule has 2 rings (SSSR count). The molecule has 0 saturated carbocycles. The summed E-state index contributed by atoms with van der Waals surface area (Å²) in [7, 11) is 0. The van der Waals surface area contributed by atoms with Crippen LogP contribution in [-0.2, 0) is 9.59 Å².